The molecule has 0 amide bonds. The Morgan fingerprint density at radius 3 is 2.33 bits per heavy atom. The molecule has 149 valence electrons. The van der Waals surface area contributed by atoms with Gasteiger partial charge in [-0.25, -0.2) is 0 Å². The molecule has 0 aromatic heterocycles. The number of hydrogen-bond acceptors (Lipinski definition) is 0. The minimum Gasteiger partial charge on any atom is -1.00 e. The van der Waals surface area contributed by atoms with Crippen LogP contribution in [0.4, 0.5) is 0 Å². The summed E-state index contributed by atoms with van der Waals surface area (Å²) < 4.78 is 0. The smallest absolute Gasteiger partial charge is 1.00 e. The molecule has 3 aromatic rings. The van der Waals surface area contributed by atoms with Crippen molar-refractivity contribution in [3.05, 3.63) is 100 Å². The van der Waals surface area contributed by atoms with Crippen molar-refractivity contribution in [2.75, 3.05) is 0 Å². The van der Waals surface area contributed by atoms with Crippen LogP contribution < -0.4 is 24.8 Å². The molecular weight excluding hydrogens is 521 g/mol. The van der Waals surface area contributed by atoms with Crippen LogP contribution in [-0.4, -0.2) is 13.4 Å². The molecule has 0 N–H and O–H groups in total. The van der Waals surface area contributed by atoms with Crippen LogP contribution in [0.5, 0.6) is 0 Å². The van der Waals surface area contributed by atoms with Crippen LogP contribution in [0.1, 0.15) is 6.92 Å². The van der Waals surface area contributed by atoms with E-state index >= 15 is 0 Å². The van der Waals surface area contributed by atoms with Crippen molar-refractivity contribution in [3.63, 3.8) is 0 Å². The van der Waals surface area contributed by atoms with E-state index in [1.807, 2.05) is 0 Å². The zero-order chi connectivity index (χ0) is 18.6. The summed E-state index contributed by atoms with van der Waals surface area (Å²) in [5, 5.41) is 9.32. The second-order valence-electron chi connectivity index (χ2n) is 7.90. The number of hydrogen-bond donors (Lipinski definition) is 0. The Kier molecular flexibility index (Phi) is 8.23. The molecular formula is C25H22Cl2PSiZr. The Hall–Kier alpha value is -0.880. The number of fused-ring (bicyclic) bond motifs is 1. The molecule has 1 radical (unpaired) electrons. The molecule has 2 aliphatic heterocycles. The van der Waals surface area contributed by atoms with Crippen molar-refractivity contribution in [3.8, 4) is 11.1 Å². The molecule has 0 atom stereocenters. The monoisotopic (exact) mass is 541 g/mol. The first-order chi connectivity index (χ1) is 13.1. The van der Waals surface area contributed by atoms with E-state index in [0.717, 1.165) is 0 Å². The van der Waals surface area contributed by atoms with Gasteiger partial charge in [0, 0.05) is 5.31 Å². The summed E-state index contributed by atoms with van der Waals surface area (Å²) in [7, 11) is 0.396. The summed E-state index contributed by atoms with van der Waals surface area (Å²) in [5.74, 6) is 0. The Balaban J connectivity index is 0.000000197. The molecule has 0 spiro atoms. The normalized spacial score (nSPS) is 17.0. The fraction of sp³-hybridized carbons (Fsp3) is 0.120. The van der Waals surface area contributed by atoms with Crippen molar-refractivity contribution in [1.82, 2.24) is 0 Å². The molecule has 0 saturated carbocycles. The molecule has 0 saturated heterocycles. The van der Waals surface area contributed by atoms with Crippen LogP contribution in [0, 0.1) is 0 Å². The quantitative estimate of drug-likeness (QED) is 0.247. The van der Waals surface area contributed by atoms with E-state index in [-0.39, 0.29) is 51.0 Å². The van der Waals surface area contributed by atoms with Gasteiger partial charge >= 0.3 is 26.2 Å². The Labute approximate surface area is 213 Å². The van der Waals surface area contributed by atoms with E-state index in [4.69, 9.17) is 0 Å². The summed E-state index contributed by atoms with van der Waals surface area (Å²) in [6.45, 7) is 7.24. The number of halogens is 2. The molecule has 0 nitrogen and oxygen atoms in total. The average Bonchev–Trinajstić information content (AvgIpc) is 3.34. The summed E-state index contributed by atoms with van der Waals surface area (Å²) >= 11 is 0. The zero-order valence-electron chi connectivity index (χ0n) is 17.2. The summed E-state index contributed by atoms with van der Waals surface area (Å²) in [4.78, 5) is 0. The fourth-order valence-electron chi connectivity index (χ4n) is 4.63. The Bertz CT molecular complexity index is 1200. The third kappa shape index (κ3) is 3.99. The van der Waals surface area contributed by atoms with Crippen molar-refractivity contribution in [1.29, 1.82) is 0 Å². The second-order valence-corrected chi connectivity index (χ2v) is 13.6. The maximum absolute atomic E-state index is 2.47. The van der Waals surface area contributed by atoms with Crippen molar-refractivity contribution >= 4 is 32.3 Å². The summed E-state index contributed by atoms with van der Waals surface area (Å²) in [5.41, 5.74) is 4.25. The van der Waals surface area contributed by atoms with Gasteiger partial charge < -0.3 is 24.8 Å². The predicted molar refractivity (Wildman–Crippen MR) is 123 cm³/mol. The molecule has 5 heteroatoms. The van der Waals surface area contributed by atoms with E-state index in [0.29, 0.717) is 0 Å². The first kappa shape index (κ1) is 25.4. The maximum atomic E-state index is 2.47. The van der Waals surface area contributed by atoms with Crippen molar-refractivity contribution < 1.29 is 51.0 Å². The molecule has 30 heavy (non-hydrogen) atoms. The number of allylic oxidation sites excluding steroid dienone is 6. The van der Waals surface area contributed by atoms with Crippen LogP contribution in [0.3, 0.4) is 0 Å². The van der Waals surface area contributed by atoms with Gasteiger partial charge in [0.15, 0.2) is 0 Å². The van der Waals surface area contributed by atoms with E-state index in [1.165, 1.54) is 30.1 Å². The minimum absolute atomic E-state index is 0. The Morgan fingerprint density at radius 1 is 0.867 bits per heavy atom. The van der Waals surface area contributed by atoms with Crippen LogP contribution in [0.2, 0.25) is 13.1 Å². The van der Waals surface area contributed by atoms with Gasteiger partial charge in [0.25, 0.3) is 0 Å². The third-order valence-electron chi connectivity index (χ3n) is 5.89. The maximum Gasteiger partial charge on any atom is 3.00 e. The third-order valence-corrected chi connectivity index (χ3v) is 10.9. The van der Waals surface area contributed by atoms with E-state index in [1.54, 1.807) is 26.6 Å². The van der Waals surface area contributed by atoms with Gasteiger partial charge in [-0.15, -0.1) is 29.0 Å². The van der Waals surface area contributed by atoms with Crippen molar-refractivity contribution in [2.45, 2.75) is 20.0 Å². The molecule has 0 unspecified atom stereocenters. The van der Waals surface area contributed by atoms with Gasteiger partial charge in [-0.2, -0.15) is 12.1 Å². The number of benzene rings is 2. The number of rotatable bonds is 1. The topological polar surface area (TPSA) is 0 Å². The zero-order valence-corrected chi connectivity index (χ0v) is 23.1. The average molecular weight is 544 g/mol. The standard InChI is InChI=1S/C15H11.C10H11PSi.2ClH.Zr/c1-2-6-12(7-3-1)14-10-4-8-13-9-5-11-15(13)14;1-6-10-9-7(11-6)4-5-8(9)12(10,2)3;;;/h1-11H;4-5H,1-3H3;2*1H;/q-1;;;;+3/p-2. The Morgan fingerprint density at radius 2 is 1.60 bits per heavy atom. The second kappa shape index (κ2) is 9.72. The van der Waals surface area contributed by atoms with Gasteiger partial charge in [-0.3, -0.25) is 0 Å². The van der Waals surface area contributed by atoms with Crippen LogP contribution in [-0.2, 0) is 26.2 Å². The largest absolute Gasteiger partial charge is 3.00 e. The molecule has 3 aliphatic rings. The predicted octanol–water partition coefficient (Wildman–Crippen LogP) is 1.29. The van der Waals surface area contributed by atoms with Gasteiger partial charge in [0.2, 0.25) is 0 Å². The first-order valence-corrected chi connectivity index (χ1v) is 13.4. The first-order valence-electron chi connectivity index (χ1n) is 9.51. The van der Waals surface area contributed by atoms with Gasteiger partial charge in [0.1, 0.15) is 8.07 Å². The molecule has 6 rings (SSSR count). The van der Waals surface area contributed by atoms with Crippen LogP contribution >= 0.6 is 8.20 Å². The molecule has 0 fully saturated rings. The van der Waals surface area contributed by atoms with Crippen LogP contribution in [0.15, 0.2) is 100 Å². The van der Waals surface area contributed by atoms with Gasteiger partial charge in [-0.05, 0) is 39.8 Å². The SMILES string of the molecule is CC1=PC2=CC=C3C2=C1[Si]3(C)C.[Cl-].[Cl-].[Zr+3].c1ccc(-c2cccc3[cH-]ccc23)cc1. The van der Waals surface area contributed by atoms with Crippen molar-refractivity contribution in [2.24, 2.45) is 0 Å². The molecule has 0 bridgehead atoms. The fourth-order valence-corrected chi connectivity index (χ4v) is 10.2. The molecule has 1 aliphatic carbocycles. The minimum atomic E-state index is -1.09. The summed E-state index contributed by atoms with van der Waals surface area (Å²) in [6.07, 6.45) is 4.68. The van der Waals surface area contributed by atoms with E-state index in [9.17, 15) is 0 Å². The van der Waals surface area contributed by atoms with E-state index in [2.05, 4.69) is 98.9 Å². The molecule has 2 heterocycles. The molecule has 3 aromatic carbocycles. The summed E-state index contributed by atoms with van der Waals surface area (Å²) in [6, 6.07) is 23.4. The van der Waals surface area contributed by atoms with Gasteiger partial charge in [-0.1, -0.05) is 69.3 Å². The van der Waals surface area contributed by atoms with Crippen LogP contribution in [0.25, 0.3) is 21.9 Å². The van der Waals surface area contributed by atoms with E-state index < -0.39 is 8.07 Å². The van der Waals surface area contributed by atoms with Gasteiger partial charge in [0.05, 0.1) is 0 Å².